The predicted octanol–water partition coefficient (Wildman–Crippen LogP) is 3.87. The molecule has 0 saturated carbocycles. The largest absolute Gasteiger partial charge is 0.295 e. The Hall–Kier alpha value is -0.280. The predicted molar refractivity (Wildman–Crippen MR) is 68.8 cm³/mol. The lowest BCUT2D eigenvalue weighted by Gasteiger charge is -2.11. The summed E-state index contributed by atoms with van der Waals surface area (Å²) in [4.78, 5) is 11.2. The standard InChI is InChI=1S/C12H13BrOS/c1-8(14)9-2-3-11(12(13)6-9)10-4-5-15-7-10/h2-3,6,10H,4-5,7H2,1H3. The zero-order valence-corrected chi connectivity index (χ0v) is 11.0. The third kappa shape index (κ3) is 2.45. The number of halogens is 1. The van der Waals surface area contributed by atoms with Gasteiger partial charge < -0.3 is 0 Å². The minimum absolute atomic E-state index is 0.128. The molecule has 0 bridgehead atoms. The van der Waals surface area contributed by atoms with Crippen LogP contribution in [0.4, 0.5) is 0 Å². The van der Waals surface area contributed by atoms with Crippen LogP contribution in [0.2, 0.25) is 0 Å². The van der Waals surface area contributed by atoms with Crippen molar-refractivity contribution in [2.75, 3.05) is 11.5 Å². The van der Waals surface area contributed by atoms with Gasteiger partial charge in [0, 0.05) is 15.8 Å². The van der Waals surface area contributed by atoms with E-state index in [2.05, 4.69) is 22.0 Å². The summed E-state index contributed by atoms with van der Waals surface area (Å²) in [5.41, 5.74) is 2.14. The monoisotopic (exact) mass is 284 g/mol. The van der Waals surface area contributed by atoms with Crippen molar-refractivity contribution < 1.29 is 4.79 Å². The summed E-state index contributed by atoms with van der Waals surface area (Å²) in [5.74, 6) is 3.25. The Morgan fingerprint density at radius 2 is 2.33 bits per heavy atom. The average molecular weight is 285 g/mol. The fraction of sp³-hybridized carbons (Fsp3) is 0.417. The number of rotatable bonds is 2. The molecule has 3 heteroatoms. The molecule has 1 atom stereocenters. The lowest BCUT2D eigenvalue weighted by Crippen LogP contribution is -2.00. The van der Waals surface area contributed by atoms with E-state index in [1.54, 1.807) is 6.92 Å². The summed E-state index contributed by atoms with van der Waals surface area (Å²) < 4.78 is 1.09. The first-order valence-electron chi connectivity index (χ1n) is 5.06. The van der Waals surface area contributed by atoms with Crippen LogP contribution >= 0.6 is 27.7 Å². The Morgan fingerprint density at radius 1 is 1.53 bits per heavy atom. The second-order valence-electron chi connectivity index (χ2n) is 3.85. The molecular formula is C12H13BrOS. The van der Waals surface area contributed by atoms with Gasteiger partial charge in [-0.05, 0) is 36.6 Å². The third-order valence-electron chi connectivity index (χ3n) is 2.78. The third-order valence-corrected chi connectivity index (χ3v) is 4.63. The van der Waals surface area contributed by atoms with Crippen molar-refractivity contribution in [1.29, 1.82) is 0 Å². The Morgan fingerprint density at radius 3 is 2.87 bits per heavy atom. The number of thioether (sulfide) groups is 1. The molecule has 0 amide bonds. The summed E-state index contributed by atoms with van der Waals surface area (Å²) in [6, 6.07) is 5.98. The fourth-order valence-corrected chi connectivity index (χ4v) is 3.81. The number of benzene rings is 1. The van der Waals surface area contributed by atoms with E-state index < -0.39 is 0 Å². The molecular weight excluding hydrogens is 272 g/mol. The van der Waals surface area contributed by atoms with Crippen LogP contribution in [0.3, 0.4) is 0 Å². The zero-order chi connectivity index (χ0) is 10.8. The lowest BCUT2D eigenvalue weighted by molar-refractivity contribution is 0.101. The first kappa shape index (κ1) is 11.2. The van der Waals surface area contributed by atoms with Gasteiger partial charge in [-0.15, -0.1) is 0 Å². The van der Waals surface area contributed by atoms with Crippen LogP contribution in [0.15, 0.2) is 22.7 Å². The zero-order valence-electron chi connectivity index (χ0n) is 8.63. The van der Waals surface area contributed by atoms with Gasteiger partial charge in [-0.25, -0.2) is 0 Å². The van der Waals surface area contributed by atoms with Gasteiger partial charge in [-0.1, -0.05) is 28.1 Å². The molecule has 1 nitrogen and oxygen atoms in total. The van der Waals surface area contributed by atoms with Crippen molar-refractivity contribution in [1.82, 2.24) is 0 Å². The number of hydrogen-bond donors (Lipinski definition) is 0. The van der Waals surface area contributed by atoms with Crippen molar-refractivity contribution in [2.45, 2.75) is 19.3 Å². The van der Waals surface area contributed by atoms with Gasteiger partial charge in [0.2, 0.25) is 0 Å². The topological polar surface area (TPSA) is 17.1 Å². The highest BCUT2D eigenvalue weighted by Crippen LogP contribution is 2.36. The van der Waals surface area contributed by atoms with E-state index in [1.165, 1.54) is 23.5 Å². The Labute approximate surface area is 103 Å². The molecule has 1 saturated heterocycles. The summed E-state index contributed by atoms with van der Waals surface area (Å²) in [6.07, 6.45) is 1.25. The molecule has 1 heterocycles. The highest BCUT2D eigenvalue weighted by molar-refractivity contribution is 9.10. The summed E-state index contributed by atoms with van der Waals surface area (Å²) in [6.45, 7) is 1.60. The number of carbonyl (C=O) groups excluding carboxylic acids is 1. The number of Topliss-reactive ketones (excluding diaryl/α,β-unsaturated/α-hetero) is 1. The molecule has 0 aromatic heterocycles. The van der Waals surface area contributed by atoms with Crippen LogP contribution < -0.4 is 0 Å². The van der Waals surface area contributed by atoms with Gasteiger partial charge >= 0.3 is 0 Å². The van der Waals surface area contributed by atoms with Crippen LogP contribution in [-0.4, -0.2) is 17.3 Å². The molecule has 15 heavy (non-hydrogen) atoms. The number of carbonyl (C=O) groups is 1. The molecule has 0 radical (unpaired) electrons. The summed E-state index contributed by atoms with van der Waals surface area (Å²) in [5, 5.41) is 0. The molecule has 1 unspecified atom stereocenters. The maximum absolute atomic E-state index is 11.2. The van der Waals surface area contributed by atoms with Gasteiger partial charge in [0.1, 0.15) is 0 Å². The maximum Gasteiger partial charge on any atom is 0.159 e. The quantitative estimate of drug-likeness (QED) is 0.767. The van der Waals surface area contributed by atoms with Crippen LogP contribution in [0.5, 0.6) is 0 Å². The highest BCUT2D eigenvalue weighted by atomic mass is 79.9. The van der Waals surface area contributed by atoms with Gasteiger partial charge in [-0.2, -0.15) is 11.8 Å². The second kappa shape index (κ2) is 4.71. The molecule has 2 rings (SSSR count). The molecule has 1 aromatic carbocycles. The Kier molecular flexibility index (Phi) is 3.52. The van der Waals surface area contributed by atoms with Crippen molar-refractivity contribution in [2.24, 2.45) is 0 Å². The van der Waals surface area contributed by atoms with E-state index >= 15 is 0 Å². The number of hydrogen-bond acceptors (Lipinski definition) is 2. The van der Waals surface area contributed by atoms with Crippen LogP contribution in [0.25, 0.3) is 0 Å². The first-order valence-corrected chi connectivity index (χ1v) is 7.01. The molecule has 0 N–H and O–H groups in total. The first-order chi connectivity index (χ1) is 7.18. The minimum atomic E-state index is 0.128. The second-order valence-corrected chi connectivity index (χ2v) is 5.86. The normalized spacial score (nSPS) is 20.5. The van der Waals surface area contributed by atoms with Gasteiger partial charge in [0.05, 0.1) is 0 Å². The van der Waals surface area contributed by atoms with Crippen molar-refractivity contribution in [3.8, 4) is 0 Å². The van der Waals surface area contributed by atoms with E-state index in [1.807, 2.05) is 23.9 Å². The van der Waals surface area contributed by atoms with E-state index in [9.17, 15) is 4.79 Å². The minimum Gasteiger partial charge on any atom is -0.295 e. The van der Waals surface area contributed by atoms with Crippen molar-refractivity contribution >= 4 is 33.5 Å². The van der Waals surface area contributed by atoms with Gasteiger partial charge in [0.15, 0.2) is 5.78 Å². The molecule has 1 fully saturated rings. The average Bonchev–Trinajstić information content (AvgIpc) is 2.70. The van der Waals surface area contributed by atoms with E-state index in [0.29, 0.717) is 5.92 Å². The van der Waals surface area contributed by atoms with Crippen molar-refractivity contribution in [3.05, 3.63) is 33.8 Å². The van der Waals surface area contributed by atoms with Gasteiger partial charge in [-0.3, -0.25) is 4.79 Å². The summed E-state index contributed by atoms with van der Waals surface area (Å²) >= 11 is 5.57. The number of ketones is 1. The molecule has 0 spiro atoms. The molecule has 0 aliphatic carbocycles. The van der Waals surface area contributed by atoms with E-state index in [4.69, 9.17) is 0 Å². The highest BCUT2D eigenvalue weighted by Gasteiger charge is 2.19. The molecule has 80 valence electrons. The Bertz CT molecular complexity index is 383. The lowest BCUT2D eigenvalue weighted by atomic mass is 9.97. The Balaban J connectivity index is 2.29. The van der Waals surface area contributed by atoms with E-state index in [-0.39, 0.29) is 5.78 Å². The SMILES string of the molecule is CC(=O)c1ccc(C2CCSC2)c(Br)c1. The van der Waals surface area contributed by atoms with Crippen LogP contribution in [0.1, 0.15) is 35.2 Å². The smallest absolute Gasteiger partial charge is 0.159 e. The fourth-order valence-electron chi connectivity index (χ4n) is 1.86. The van der Waals surface area contributed by atoms with E-state index in [0.717, 1.165) is 10.0 Å². The summed E-state index contributed by atoms with van der Waals surface area (Å²) in [7, 11) is 0. The van der Waals surface area contributed by atoms with Crippen LogP contribution in [-0.2, 0) is 0 Å². The van der Waals surface area contributed by atoms with Gasteiger partial charge in [0.25, 0.3) is 0 Å². The molecule has 1 aromatic rings. The van der Waals surface area contributed by atoms with Crippen molar-refractivity contribution in [3.63, 3.8) is 0 Å². The van der Waals surface area contributed by atoms with Crippen LogP contribution in [0, 0.1) is 0 Å². The molecule has 1 aliphatic rings. The molecule has 1 aliphatic heterocycles. The maximum atomic E-state index is 11.2.